The van der Waals surface area contributed by atoms with Gasteiger partial charge in [-0.3, -0.25) is 0 Å². The molecular formula is C17H18ClF2N. The molecule has 0 radical (unpaired) electrons. The highest BCUT2D eigenvalue weighted by Crippen LogP contribution is 2.32. The van der Waals surface area contributed by atoms with E-state index in [0.29, 0.717) is 17.1 Å². The topological polar surface area (TPSA) is 12.0 Å². The Hall–Kier alpha value is -1.45. The first-order valence-electron chi connectivity index (χ1n) is 6.89. The molecule has 2 aromatic rings. The standard InChI is InChI=1S/C17H18ClF2N/c1-4-21-17(13-8-12(19)6-5-10(13)2)14-7-11(3)16(20)9-15(14)18/h5-9,17,21H,4H2,1-3H3. The van der Waals surface area contributed by atoms with E-state index in [2.05, 4.69) is 5.32 Å². The van der Waals surface area contributed by atoms with E-state index >= 15 is 0 Å². The van der Waals surface area contributed by atoms with E-state index in [1.807, 2.05) is 13.8 Å². The average molecular weight is 310 g/mol. The fourth-order valence-corrected chi connectivity index (χ4v) is 2.67. The highest BCUT2D eigenvalue weighted by Gasteiger charge is 2.20. The molecule has 0 saturated heterocycles. The third-order valence-corrected chi connectivity index (χ3v) is 3.88. The molecule has 2 aromatic carbocycles. The van der Waals surface area contributed by atoms with Crippen molar-refractivity contribution >= 4 is 11.6 Å². The van der Waals surface area contributed by atoms with E-state index in [1.165, 1.54) is 18.2 Å². The number of hydrogen-bond acceptors (Lipinski definition) is 1. The number of nitrogens with one attached hydrogen (secondary N) is 1. The van der Waals surface area contributed by atoms with Crippen LogP contribution in [0.1, 0.15) is 35.2 Å². The molecule has 0 amide bonds. The van der Waals surface area contributed by atoms with Crippen molar-refractivity contribution in [3.63, 3.8) is 0 Å². The van der Waals surface area contributed by atoms with Gasteiger partial charge in [0.15, 0.2) is 0 Å². The van der Waals surface area contributed by atoms with E-state index in [1.54, 1.807) is 19.1 Å². The van der Waals surface area contributed by atoms with E-state index in [4.69, 9.17) is 11.6 Å². The minimum absolute atomic E-state index is 0.266. The van der Waals surface area contributed by atoms with Crippen LogP contribution in [0.4, 0.5) is 8.78 Å². The zero-order valence-electron chi connectivity index (χ0n) is 12.3. The van der Waals surface area contributed by atoms with Gasteiger partial charge in [-0.15, -0.1) is 0 Å². The highest BCUT2D eigenvalue weighted by atomic mass is 35.5. The monoisotopic (exact) mass is 309 g/mol. The van der Waals surface area contributed by atoms with Gasteiger partial charge in [-0.25, -0.2) is 8.78 Å². The smallest absolute Gasteiger partial charge is 0.127 e. The van der Waals surface area contributed by atoms with Gasteiger partial charge in [0, 0.05) is 5.02 Å². The maximum Gasteiger partial charge on any atom is 0.127 e. The van der Waals surface area contributed by atoms with Gasteiger partial charge in [0.05, 0.1) is 6.04 Å². The van der Waals surface area contributed by atoms with Crippen molar-refractivity contribution in [3.05, 3.63) is 69.2 Å². The van der Waals surface area contributed by atoms with Gasteiger partial charge in [-0.05, 0) is 66.9 Å². The maximum atomic E-state index is 13.6. The Bertz CT molecular complexity index is 655. The van der Waals surface area contributed by atoms with Crippen LogP contribution in [0.5, 0.6) is 0 Å². The normalized spacial score (nSPS) is 12.5. The van der Waals surface area contributed by atoms with Gasteiger partial charge in [0.2, 0.25) is 0 Å². The molecule has 21 heavy (non-hydrogen) atoms. The zero-order valence-corrected chi connectivity index (χ0v) is 13.1. The Labute approximate surface area is 128 Å². The molecule has 0 aliphatic heterocycles. The average Bonchev–Trinajstić information content (AvgIpc) is 2.43. The van der Waals surface area contributed by atoms with Crippen LogP contribution in [-0.2, 0) is 0 Å². The van der Waals surface area contributed by atoms with Crippen LogP contribution in [0.3, 0.4) is 0 Å². The Morgan fingerprint density at radius 1 is 1.05 bits per heavy atom. The van der Waals surface area contributed by atoms with Gasteiger partial charge >= 0.3 is 0 Å². The lowest BCUT2D eigenvalue weighted by molar-refractivity contribution is 0.594. The fourth-order valence-electron chi connectivity index (χ4n) is 2.41. The fraction of sp³-hybridized carbons (Fsp3) is 0.294. The number of hydrogen-bond donors (Lipinski definition) is 1. The molecule has 1 nitrogen and oxygen atoms in total. The predicted octanol–water partition coefficient (Wildman–Crippen LogP) is 4.93. The summed E-state index contributed by atoms with van der Waals surface area (Å²) in [5, 5.41) is 3.64. The van der Waals surface area contributed by atoms with Crippen molar-refractivity contribution < 1.29 is 8.78 Å². The Morgan fingerprint density at radius 2 is 1.76 bits per heavy atom. The molecule has 112 valence electrons. The summed E-state index contributed by atoms with van der Waals surface area (Å²) >= 11 is 6.20. The first-order valence-corrected chi connectivity index (χ1v) is 7.26. The van der Waals surface area contributed by atoms with Gasteiger partial charge in [-0.2, -0.15) is 0 Å². The van der Waals surface area contributed by atoms with Gasteiger partial charge in [0.1, 0.15) is 11.6 Å². The Morgan fingerprint density at radius 3 is 2.43 bits per heavy atom. The van der Waals surface area contributed by atoms with Gasteiger partial charge < -0.3 is 5.32 Å². The van der Waals surface area contributed by atoms with Gasteiger partial charge in [-0.1, -0.05) is 24.6 Å². The molecule has 0 aliphatic rings. The zero-order chi connectivity index (χ0) is 15.6. The summed E-state index contributed by atoms with van der Waals surface area (Å²) in [7, 11) is 0. The molecule has 0 spiro atoms. The molecule has 1 atom stereocenters. The summed E-state index contributed by atoms with van der Waals surface area (Å²) in [6, 6.07) is 7.43. The van der Waals surface area contributed by atoms with Crippen LogP contribution in [0.15, 0.2) is 30.3 Å². The van der Waals surface area contributed by atoms with E-state index in [9.17, 15) is 8.78 Å². The summed E-state index contributed by atoms with van der Waals surface area (Å²) in [4.78, 5) is 0. The molecule has 0 heterocycles. The van der Waals surface area contributed by atoms with Crippen LogP contribution in [0, 0.1) is 25.5 Å². The third-order valence-electron chi connectivity index (χ3n) is 3.55. The first kappa shape index (κ1) is 15.9. The molecule has 1 N–H and O–H groups in total. The number of rotatable bonds is 4. The number of benzene rings is 2. The first-order chi connectivity index (χ1) is 9.93. The highest BCUT2D eigenvalue weighted by molar-refractivity contribution is 6.31. The van der Waals surface area contributed by atoms with Crippen LogP contribution in [0.25, 0.3) is 0 Å². The van der Waals surface area contributed by atoms with Crippen LogP contribution in [0.2, 0.25) is 5.02 Å². The van der Waals surface area contributed by atoms with Crippen molar-refractivity contribution in [2.45, 2.75) is 26.8 Å². The minimum Gasteiger partial charge on any atom is -0.306 e. The molecule has 0 saturated carbocycles. The largest absolute Gasteiger partial charge is 0.306 e. The molecule has 0 aromatic heterocycles. The third kappa shape index (κ3) is 3.42. The molecule has 0 aliphatic carbocycles. The van der Waals surface area contributed by atoms with Crippen molar-refractivity contribution in [3.8, 4) is 0 Å². The molecule has 0 fully saturated rings. The lowest BCUT2D eigenvalue weighted by atomic mass is 9.93. The second-order valence-electron chi connectivity index (χ2n) is 5.11. The van der Waals surface area contributed by atoms with Crippen molar-refractivity contribution in [2.75, 3.05) is 6.54 Å². The Balaban J connectivity index is 2.58. The SMILES string of the molecule is CCNC(c1cc(F)ccc1C)c1cc(C)c(F)cc1Cl. The lowest BCUT2D eigenvalue weighted by Crippen LogP contribution is -2.23. The van der Waals surface area contributed by atoms with Crippen molar-refractivity contribution in [1.29, 1.82) is 0 Å². The van der Waals surface area contributed by atoms with Crippen LogP contribution < -0.4 is 5.32 Å². The molecule has 0 bridgehead atoms. The summed E-state index contributed by atoms with van der Waals surface area (Å²) in [5.74, 6) is -0.636. The molecule has 2 rings (SSSR count). The Kier molecular flexibility index (Phi) is 4.96. The van der Waals surface area contributed by atoms with Gasteiger partial charge in [0.25, 0.3) is 0 Å². The van der Waals surface area contributed by atoms with E-state index < -0.39 is 0 Å². The van der Waals surface area contributed by atoms with Crippen molar-refractivity contribution in [1.82, 2.24) is 5.32 Å². The second-order valence-corrected chi connectivity index (χ2v) is 5.52. The molecule has 1 unspecified atom stereocenters. The summed E-state index contributed by atoms with van der Waals surface area (Å²) < 4.78 is 27.2. The second kappa shape index (κ2) is 6.54. The number of aryl methyl sites for hydroxylation is 2. The van der Waals surface area contributed by atoms with Crippen LogP contribution >= 0.6 is 11.6 Å². The van der Waals surface area contributed by atoms with E-state index in [0.717, 1.165) is 16.7 Å². The summed E-state index contributed by atoms with van der Waals surface area (Å²) in [6.07, 6.45) is 0. The summed E-state index contributed by atoms with van der Waals surface area (Å²) in [6.45, 7) is 6.26. The predicted molar refractivity (Wildman–Crippen MR) is 82.8 cm³/mol. The van der Waals surface area contributed by atoms with Crippen LogP contribution in [-0.4, -0.2) is 6.54 Å². The maximum absolute atomic E-state index is 13.6. The number of halogens is 3. The summed E-state index contributed by atoms with van der Waals surface area (Å²) in [5.41, 5.74) is 3.04. The lowest BCUT2D eigenvalue weighted by Gasteiger charge is -2.22. The molecule has 4 heteroatoms. The van der Waals surface area contributed by atoms with Crippen molar-refractivity contribution in [2.24, 2.45) is 0 Å². The molecular weight excluding hydrogens is 292 g/mol. The van der Waals surface area contributed by atoms with E-state index in [-0.39, 0.29) is 17.7 Å². The minimum atomic E-state index is -0.338. The quantitative estimate of drug-likeness (QED) is 0.844.